The van der Waals surface area contributed by atoms with Gasteiger partial charge in [0.25, 0.3) is 0 Å². The van der Waals surface area contributed by atoms with Crippen LogP contribution >= 0.6 is 0 Å². The zero-order chi connectivity index (χ0) is 78.8. The monoisotopic (exact) mass is 1550 g/mol. The lowest BCUT2D eigenvalue weighted by atomic mass is 9.96. The van der Waals surface area contributed by atoms with E-state index in [1.54, 1.807) is 0 Å². The van der Waals surface area contributed by atoms with Crippen molar-refractivity contribution in [3.8, 4) is 0 Å². The van der Waals surface area contributed by atoms with Crippen LogP contribution in [0.1, 0.15) is 361 Å². The second-order valence-corrected chi connectivity index (χ2v) is 31.7. The Morgan fingerprint density at radius 3 is 0.991 bits per heavy atom. The SMILES string of the molecule is CC/C=C\C/C=C\C/C=C\C/C=C\C/C=C\C/C=C\CCCCCCCCCCCCCCCCC(=O)NC(COC1OC(CO)C(OC2OC(CO)C(OC3OC(CO)C(O)C(O)C3O)C(O)C2O)C(O)C1O)C(O)CCCCCCCCCCCCCCCCCCCCCCCCCCCCCCCCC. The zero-order valence-corrected chi connectivity index (χ0v) is 68.5. The van der Waals surface area contributed by atoms with E-state index in [0.717, 1.165) is 89.9 Å². The summed E-state index contributed by atoms with van der Waals surface area (Å²) in [5.41, 5.74) is 0. The van der Waals surface area contributed by atoms with Crippen molar-refractivity contribution >= 4 is 5.91 Å². The number of ether oxygens (including phenoxy) is 6. The lowest BCUT2D eigenvalue weighted by Gasteiger charge is -2.48. The van der Waals surface area contributed by atoms with Gasteiger partial charge in [-0.1, -0.05) is 363 Å². The highest BCUT2D eigenvalue weighted by Gasteiger charge is 2.54. The van der Waals surface area contributed by atoms with E-state index in [9.17, 15) is 61.0 Å². The summed E-state index contributed by atoms with van der Waals surface area (Å²) in [4.78, 5) is 13.5. The minimum Gasteiger partial charge on any atom is -0.394 e. The number of carbonyl (C=O) groups is 1. The highest BCUT2D eigenvalue weighted by molar-refractivity contribution is 5.76. The molecule has 0 bridgehead atoms. The lowest BCUT2D eigenvalue weighted by Crippen LogP contribution is -2.66. The van der Waals surface area contributed by atoms with Gasteiger partial charge in [-0.15, -0.1) is 0 Å². The van der Waals surface area contributed by atoms with Crippen molar-refractivity contribution in [3.05, 3.63) is 72.9 Å². The highest BCUT2D eigenvalue weighted by Crippen LogP contribution is 2.34. The van der Waals surface area contributed by atoms with E-state index < -0.39 is 124 Å². The van der Waals surface area contributed by atoms with Gasteiger partial charge < -0.3 is 89.9 Å². The Kier molecular flexibility index (Phi) is 64.1. The number of hydrogen-bond acceptors (Lipinski definition) is 18. The van der Waals surface area contributed by atoms with Crippen LogP contribution in [0, 0.1) is 0 Å². The second kappa shape index (κ2) is 69.5. The third-order valence-corrected chi connectivity index (χ3v) is 22.0. The van der Waals surface area contributed by atoms with Crippen molar-refractivity contribution in [1.29, 1.82) is 0 Å². The first-order valence-electron chi connectivity index (χ1n) is 44.7. The van der Waals surface area contributed by atoms with Crippen molar-refractivity contribution in [3.63, 3.8) is 0 Å². The Morgan fingerprint density at radius 2 is 0.633 bits per heavy atom. The molecule has 17 unspecified atom stereocenters. The van der Waals surface area contributed by atoms with Crippen LogP contribution in [0.4, 0.5) is 0 Å². The van der Waals surface area contributed by atoms with Gasteiger partial charge in [0.15, 0.2) is 18.9 Å². The van der Waals surface area contributed by atoms with Crippen LogP contribution in [0.25, 0.3) is 0 Å². The number of carbonyl (C=O) groups excluding carboxylic acids is 1. The standard InChI is InChI=1S/C90H163NO18/c1-3-5-7-9-11-13-15-17-19-21-23-25-27-29-31-33-35-36-38-40-42-44-46-48-50-52-54-56-58-60-62-64-66-68-78(96)91-73(74(95)67-65-63-61-59-57-55-53-51-49-47-45-43-41-39-37-34-32-30-28-26-24-22-20-18-16-14-12-10-8-6-4-2)72-104-88-84(102)81(99)86(76(70-93)106-88)109-90-85(103)82(100)87(77(71-94)107-90)108-89-83(101)80(98)79(97)75(69-92)105-89/h5,7,11,13,17,19,23,25,29,31,35-36,73-77,79-90,92-95,97-103H,3-4,6,8-10,12,14-16,18,20-22,24,26-28,30,32-34,37-72H2,1-2H3,(H,91,96)/b7-5-,13-11-,19-17-,25-23-,31-29-,36-35-. The van der Waals surface area contributed by atoms with Gasteiger partial charge in [0.1, 0.15) is 73.2 Å². The lowest BCUT2D eigenvalue weighted by molar-refractivity contribution is -0.379. The Balaban J connectivity index is 1.33. The van der Waals surface area contributed by atoms with Crippen LogP contribution in [0.15, 0.2) is 72.9 Å². The molecule has 1 amide bonds. The molecule has 109 heavy (non-hydrogen) atoms. The minimum absolute atomic E-state index is 0.240. The fourth-order valence-electron chi connectivity index (χ4n) is 15.0. The van der Waals surface area contributed by atoms with Crippen molar-refractivity contribution in [2.45, 2.75) is 465 Å². The second-order valence-electron chi connectivity index (χ2n) is 31.7. The molecule has 3 heterocycles. The molecular weight excluding hydrogens is 1380 g/mol. The molecule has 3 aliphatic heterocycles. The molecule has 3 saturated heterocycles. The van der Waals surface area contributed by atoms with E-state index in [4.69, 9.17) is 28.4 Å². The smallest absolute Gasteiger partial charge is 0.220 e. The molecular formula is C90H163NO18. The van der Waals surface area contributed by atoms with Gasteiger partial charge in [0.05, 0.1) is 38.6 Å². The van der Waals surface area contributed by atoms with Gasteiger partial charge in [-0.3, -0.25) is 4.79 Å². The molecule has 0 aliphatic carbocycles. The highest BCUT2D eigenvalue weighted by atomic mass is 16.8. The van der Waals surface area contributed by atoms with Crippen LogP contribution in [-0.4, -0.2) is 193 Å². The predicted octanol–water partition coefficient (Wildman–Crippen LogP) is 16.7. The Morgan fingerprint density at radius 1 is 0.339 bits per heavy atom. The van der Waals surface area contributed by atoms with E-state index in [-0.39, 0.29) is 18.9 Å². The Bertz CT molecular complexity index is 2250. The maximum absolute atomic E-state index is 13.5. The fraction of sp³-hybridized carbons (Fsp3) is 0.856. The number of unbranched alkanes of at least 4 members (excludes halogenated alkanes) is 44. The first kappa shape index (κ1) is 100. The zero-order valence-electron chi connectivity index (χ0n) is 68.5. The minimum atomic E-state index is -1.98. The molecule has 19 nitrogen and oxygen atoms in total. The number of aliphatic hydroxyl groups excluding tert-OH is 11. The summed E-state index contributed by atoms with van der Waals surface area (Å²) in [6.07, 6.45) is 65.7. The van der Waals surface area contributed by atoms with Crippen molar-refractivity contribution in [2.75, 3.05) is 26.4 Å². The van der Waals surface area contributed by atoms with Crippen LogP contribution < -0.4 is 5.32 Å². The van der Waals surface area contributed by atoms with Gasteiger partial charge in [-0.25, -0.2) is 0 Å². The molecule has 0 radical (unpaired) electrons. The third kappa shape index (κ3) is 48.4. The number of rotatable bonds is 72. The summed E-state index contributed by atoms with van der Waals surface area (Å²) < 4.78 is 34.6. The summed E-state index contributed by atoms with van der Waals surface area (Å²) in [7, 11) is 0. The van der Waals surface area contributed by atoms with Crippen LogP contribution in [0.5, 0.6) is 0 Å². The number of aliphatic hydroxyl groups is 11. The summed E-state index contributed by atoms with van der Waals surface area (Å²) in [5.74, 6) is -0.240. The molecule has 19 heteroatoms. The molecule has 636 valence electrons. The van der Waals surface area contributed by atoms with Crippen LogP contribution in [-0.2, 0) is 33.2 Å². The summed E-state index contributed by atoms with van der Waals surface area (Å²) >= 11 is 0. The molecule has 0 aromatic carbocycles. The molecule has 3 rings (SSSR count). The van der Waals surface area contributed by atoms with E-state index in [2.05, 4.69) is 92.1 Å². The van der Waals surface area contributed by atoms with Gasteiger partial charge >= 0.3 is 0 Å². The van der Waals surface area contributed by atoms with Crippen molar-refractivity contribution in [2.24, 2.45) is 0 Å². The van der Waals surface area contributed by atoms with Gasteiger partial charge in [0, 0.05) is 6.42 Å². The van der Waals surface area contributed by atoms with E-state index >= 15 is 0 Å². The number of hydrogen-bond donors (Lipinski definition) is 12. The number of amides is 1. The fourth-order valence-corrected chi connectivity index (χ4v) is 15.0. The van der Waals surface area contributed by atoms with Crippen molar-refractivity contribution < 1.29 is 89.4 Å². The largest absolute Gasteiger partial charge is 0.394 e. The van der Waals surface area contributed by atoms with Gasteiger partial charge in [-0.05, 0) is 64.2 Å². The predicted molar refractivity (Wildman–Crippen MR) is 438 cm³/mol. The molecule has 3 fully saturated rings. The van der Waals surface area contributed by atoms with E-state index in [1.807, 2.05) is 0 Å². The average molecular weight is 1550 g/mol. The van der Waals surface area contributed by atoms with E-state index in [1.165, 1.54) is 238 Å². The summed E-state index contributed by atoms with van der Waals surface area (Å²) in [5, 5.41) is 121. The maximum Gasteiger partial charge on any atom is 0.220 e. The molecule has 3 aliphatic rings. The molecule has 17 atom stereocenters. The molecule has 0 aromatic rings. The maximum atomic E-state index is 13.5. The van der Waals surface area contributed by atoms with Gasteiger partial charge in [0.2, 0.25) is 5.91 Å². The molecule has 0 spiro atoms. The molecule has 0 aromatic heterocycles. The van der Waals surface area contributed by atoms with E-state index in [0.29, 0.717) is 12.8 Å². The van der Waals surface area contributed by atoms with Gasteiger partial charge in [-0.2, -0.15) is 0 Å². The van der Waals surface area contributed by atoms with Crippen LogP contribution in [0.2, 0.25) is 0 Å². The molecule has 0 saturated carbocycles. The molecule has 12 N–H and O–H groups in total. The number of allylic oxidation sites excluding steroid dienone is 12. The van der Waals surface area contributed by atoms with Crippen molar-refractivity contribution in [1.82, 2.24) is 5.32 Å². The normalized spacial score (nSPS) is 25.6. The average Bonchev–Trinajstić information content (AvgIpc) is 0.782. The first-order chi connectivity index (χ1) is 53.3. The third-order valence-electron chi connectivity index (χ3n) is 22.0. The quantitative estimate of drug-likeness (QED) is 0.0199. The summed E-state index contributed by atoms with van der Waals surface area (Å²) in [6, 6.07) is -0.893. The first-order valence-corrected chi connectivity index (χ1v) is 44.7. The Hall–Kier alpha value is -2.77. The topological polar surface area (TPSA) is 307 Å². The van der Waals surface area contributed by atoms with Crippen LogP contribution in [0.3, 0.4) is 0 Å². The number of nitrogens with one attached hydrogen (secondary N) is 1. The Labute approximate surface area is 661 Å². The summed E-state index contributed by atoms with van der Waals surface area (Å²) in [6.45, 7) is 1.74.